The van der Waals surface area contributed by atoms with Gasteiger partial charge >= 0.3 is 0 Å². The molecule has 2 atom stereocenters. The average molecular weight is 934 g/mol. The summed E-state index contributed by atoms with van der Waals surface area (Å²) >= 11 is 1.55. The van der Waals surface area contributed by atoms with Crippen molar-refractivity contribution in [2.75, 3.05) is 54.6 Å². The second-order valence-electron chi connectivity index (χ2n) is 16.0. The number of rotatable bonds is 17. The number of sulfonamides is 1. The Morgan fingerprint density at radius 2 is 1.72 bits per heavy atom. The number of hydrogen-bond donors (Lipinski definition) is 5. The number of carbonyl (C=O) groups excluding carboxylic acids is 5. The molecule has 2 aromatic carbocycles. The summed E-state index contributed by atoms with van der Waals surface area (Å²) in [6.45, 7) is 4.91. The lowest BCUT2D eigenvalue weighted by molar-refractivity contribution is -0.138. The molecule has 4 amide bonds. The average Bonchev–Trinajstić information content (AvgIpc) is 4.03. The molecule has 344 valence electrons. The van der Waals surface area contributed by atoms with Crippen molar-refractivity contribution in [3.05, 3.63) is 94.4 Å². The van der Waals surface area contributed by atoms with Crippen molar-refractivity contribution in [3.63, 3.8) is 0 Å². The van der Waals surface area contributed by atoms with Crippen LogP contribution in [0.3, 0.4) is 0 Å². The van der Waals surface area contributed by atoms with Gasteiger partial charge in [-0.25, -0.2) is 27.2 Å². The zero-order valence-electron chi connectivity index (χ0n) is 35.7. The Kier molecular flexibility index (Phi) is 14.5. The number of aryl methyl sites for hydroxylation is 1. The molecule has 2 aliphatic rings. The number of H-pyrrole nitrogens is 1. The number of β-amino-alcohol motifs (C(OH)–C–C–N with tert-alkyl or cyclic N) is 1. The van der Waals surface area contributed by atoms with E-state index >= 15 is 4.39 Å². The first kappa shape index (κ1) is 46.7. The smallest absolute Gasteiger partial charge is 0.243 e. The number of benzene rings is 2. The highest BCUT2D eigenvalue weighted by Gasteiger charge is 2.39. The molecule has 7 rings (SSSR count). The number of aromatic nitrogens is 3. The van der Waals surface area contributed by atoms with Crippen LogP contribution in [0.4, 0.5) is 20.2 Å². The highest BCUT2D eigenvalue weighted by Crippen LogP contribution is 2.30. The predicted molar refractivity (Wildman–Crippen MR) is 239 cm³/mol. The van der Waals surface area contributed by atoms with Gasteiger partial charge in [-0.1, -0.05) is 31.2 Å². The number of aliphatic hydroxyl groups excluding tert-OH is 1. The summed E-state index contributed by atoms with van der Waals surface area (Å²) in [5.74, 6) is -5.30. The zero-order chi connectivity index (χ0) is 46.4. The molecule has 0 spiro atoms. The predicted octanol–water partition coefficient (Wildman–Crippen LogP) is 3.87. The monoisotopic (exact) mass is 933 g/mol. The number of nitrogens with zero attached hydrogens (tertiary/aromatic N) is 5. The molecule has 0 saturated carbocycles. The third kappa shape index (κ3) is 11.0. The molecule has 2 saturated heterocycles. The third-order valence-electron chi connectivity index (χ3n) is 11.4. The SMILES string of the molecule is CCCS(=O)(=O)Nc1ccc(F)c(C(=O)c2c[nH]c3ncc(N4CCN(C(=O)CCCC(=O)NCC(=O)N5C[C@H](O)C[C@H]5C(=O)NCc5ccc(-c6scnc6C)cc5)CC4)cc23)c1F. The maximum atomic E-state index is 15.5. The fraction of sp³-hybridized carbons (Fsp3) is 0.386. The van der Waals surface area contributed by atoms with Crippen molar-refractivity contribution < 1.29 is 46.3 Å². The molecule has 0 radical (unpaired) electrons. The molecule has 65 heavy (non-hydrogen) atoms. The summed E-state index contributed by atoms with van der Waals surface area (Å²) in [4.78, 5) is 83.1. The number of hydrogen-bond acceptors (Lipinski definition) is 12. The fourth-order valence-corrected chi connectivity index (χ4v) is 9.89. The molecule has 5 heterocycles. The van der Waals surface area contributed by atoms with Crippen LogP contribution in [0.25, 0.3) is 21.5 Å². The molecule has 0 unspecified atom stereocenters. The van der Waals surface area contributed by atoms with Crippen LogP contribution >= 0.6 is 11.3 Å². The lowest BCUT2D eigenvalue weighted by Crippen LogP contribution is -2.49. The number of thiazole rings is 1. The van der Waals surface area contributed by atoms with E-state index in [1.165, 1.54) is 11.1 Å². The topological polar surface area (TPSA) is 227 Å². The van der Waals surface area contributed by atoms with Crippen molar-refractivity contribution >= 4 is 73.2 Å². The van der Waals surface area contributed by atoms with Crippen LogP contribution in [0.15, 0.2) is 60.4 Å². The number of nitrogens with one attached hydrogen (secondary N) is 4. The Balaban J connectivity index is 0.850. The number of fused-ring (bicyclic) bond motifs is 1. The largest absolute Gasteiger partial charge is 0.391 e. The van der Waals surface area contributed by atoms with Gasteiger partial charge in [0.25, 0.3) is 0 Å². The zero-order valence-corrected chi connectivity index (χ0v) is 37.4. The number of halogens is 2. The Morgan fingerprint density at radius 3 is 2.43 bits per heavy atom. The molecule has 21 heteroatoms. The minimum Gasteiger partial charge on any atom is -0.391 e. The van der Waals surface area contributed by atoms with Crippen LogP contribution in [-0.4, -0.2) is 125 Å². The molecule has 2 aliphatic heterocycles. The number of likely N-dealkylation sites (tertiary alicyclic amines) is 1. The summed E-state index contributed by atoms with van der Waals surface area (Å²) in [7, 11) is -3.92. The van der Waals surface area contributed by atoms with Crippen LogP contribution in [0.1, 0.15) is 66.2 Å². The summed E-state index contributed by atoms with van der Waals surface area (Å²) in [6, 6.07) is 10.2. The Labute approximate surface area is 377 Å². The Hall–Kier alpha value is -6.32. The van der Waals surface area contributed by atoms with Gasteiger partial charge in [-0.15, -0.1) is 11.3 Å². The fourth-order valence-electron chi connectivity index (χ4n) is 7.95. The standard InChI is InChI=1S/C44H49F2N9O8S2/c1-3-17-65(62,63)52-34-12-11-33(45)39(40(34)46)41(60)32-22-49-43-31(32)18-29(21-48-43)53-13-15-54(16-14-53)37(58)6-4-5-36(57)47-23-38(59)55-24-30(56)19-35(55)44(61)50-20-27-7-9-28(10-8-27)42-26(2)51-25-64-42/h7-12,18,21-22,25,30,35,52,56H,3-6,13-17,19-20,23-24H2,1-2H3,(H,47,57)(H,48,49)(H,50,61)/t30-,35+/m1/s1. The van der Waals surface area contributed by atoms with Crippen LogP contribution in [0.5, 0.6) is 0 Å². The molecule has 17 nitrogen and oxygen atoms in total. The van der Waals surface area contributed by atoms with E-state index in [0.717, 1.165) is 33.8 Å². The minimum atomic E-state index is -3.92. The number of aromatic amines is 1. The van der Waals surface area contributed by atoms with E-state index in [0.29, 0.717) is 42.9 Å². The van der Waals surface area contributed by atoms with E-state index in [9.17, 15) is 41.9 Å². The molecule has 5 N–H and O–H groups in total. The number of ketones is 1. The van der Waals surface area contributed by atoms with Crippen LogP contribution in [-0.2, 0) is 35.7 Å². The first-order valence-corrected chi connectivity index (χ1v) is 23.7. The van der Waals surface area contributed by atoms with Crippen LogP contribution in [0, 0.1) is 18.6 Å². The summed E-state index contributed by atoms with van der Waals surface area (Å²) in [5.41, 5.74) is 3.99. The van der Waals surface area contributed by atoms with Gasteiger partial charge in [0.1, 0.15) is 17.5 Å². The Bertz CT molecular complexity index is 2700. The van der Waals surface area contributed by atoms with Gasteiger partial charge in [-0.3, -0.25) is 28.7 Å². The summed E-state index contributed by atoms with van der Waals surface area (Å²) in [5, 5.41) is 16.0. The second kappa shape index (κ2) is 20.2. The number of aliphatic hydroxyl groups is 1. The van der Waals surface area contributed by atoms with Crippen molar-refractivity contribution in [1.82, 2.24) is 35.4 Å². The second-order valence-corrected chi connectivity index (χ2v) is 18.7. The van der Waals surface area contributed by atoms with E-state index in [1.54, 1.807) is 40.9 Å². The summed E-state index contributed by atoms with van der Waals surface area (Å²) in [6.07, 6.45) is 2.62. The van der Waals surface area contributed by atoms with E-state index in [2.05, 4.69) is 30.3 Å². The van der Waals surface area contributed by atoms with Crippen molar-refractivity contribution in [3.8, 4) is 10.4 Å². The van der Waals surface area contributed by atoms with Crippen molar-refractivity contribution in [1.29, 1.82) is 0 Å². The van der Waals surface area contributed by atoms with Gasteiger partial charge < -0.3 is 35.4 Å². The van der Waals surface area contributed by atoms with Crippen molar-refractivity contribution in [2.45, 2.75) is 64.6 Å². The molecular weight excluding hydrogens is 885 g/mol. The quantitative estimate of drug-likeness (QED) is 0.0842. The summed E-state index contributed by atoms with van der Waals surface area (Å²) < 4.78 is 57.1. The first-order valence-electron chi connectivity index (χ1n) is 21.2. The number of carbonyl (C=O) groups is 5. The third-order valence-corrected chi connectivity index (χ3v) is 13.8. The number of amides is 4. The highest BCUT2D eigenvalue weighted by atomic mass is 32.2. The number of piperazine rings is 1. The van der Waals surface area contributed by atoms with Crippen LogP contribution in [0.2, 0.25) is 0 Å². The molecule has 2 fully saturated rings. The van der Waals surface area contributed by atoms with Crippen molar-refractivity contribution in [2.24, 2.45) is 0 Å². The van der Waals surface area contributed by atoms with Gasteiger partial charge in [0.2, 0.25) is 39.4 Å². The number of pyridine rings is 1. The first-order chi connectivity index (χ1) is 31.1. The molecule has 0 aliphatic carbocycles. The molecular formula is C44H49F2N9O8S2. The maximum Gasteiger partial charge on any atom is 0.243 e. The minimum absolute atomic E-state index is 0.0111. The van der Waals surface area contributed by atoms with Gasteiger partial charge in [0, 0.05) is 75.7 Å². The van der Waals surface area contributed by atoms with E-state index < -0.39 is 68.6 Å². The van der Waals surface area contributed by atoms with E-state index in [1.807, 2.05) is 36.1 Å². The molecule has 3 aromatic heterocycles. The normalized spacial score (nSPS) is 16.5. The van der Waals surface area contributed by atoms with Gasteiger partial charge in [-0.2, -0.15) is 0 Å². The van der Waals surface area contributed by atoms with E-state index in [4.69, 9.17) is 0 Å². The molecule has 5 aromatic rings. The molecule has 0 bridgehead atoms. The lowest BCUT2D eigenvalue weighted by Gasteiger charge is -2.36. The maximum absolute atomic E-state index is 15.5. The lowest BCUT2D eigenvalue weighted by atomic mass is 10.0. The number of anilines is 2. The van der Waals surface area contributed by atoms with Gasteiger partial charge in [0.05, 0.1) is 57.6 Å². The van der Waals surface area contributed by atoms with Gasteiger partial charge in [0.15, 0.2) is 5.82 Å². The van der Waals surface area contributed by atoms with E-state index in [-0.39, 0.29) is 69.0 Å². The van der Waals surface area contributed by atoms with Gasteiger partial charge in [-0.05, 0) is 49.1 Å². The van der Waals surface area contributed by atoms with Crippen LogP contribution < -0.4 is 20.3 Å². The Morgan fingerprint density at radius 1 is 0.969 bits per heavy atom. The highest BCUT2D eigenvalue weighted by molar-refractivity contribution is 7.92.